The molecule has 10 heavy (non-hydrogen) atoms. The highest BCUT2D eigenvalue weighted by Crippen LogP contribution is 2.01. The van der Waals surface area contributed by atoms with Gasteiger partial charge < -0.3 is 5.73 Å². The van der Waals surface area contributed by atoms with Crippen LogP contribution in [0.5, 0.6) is 0 Å². The number of nitrogen functional groups attached to an aromatic ring is 1. The third-order valence-corrected chi connectivity index (χ3v) is 1.42. The predicted octanol–water partition coefficient (Wildman–Crippen LogP) is 1.14. The van der Waals surface area contributed by atoms with Crippen LogP contribution >= 0.6 is 12.6 Å². The predicted molar refractivity (Wildman–Crippen MR) is 46.2 cm³/mol. The van der Waals surface area contributed by atoms with Crippen LogP contribution < -0.4 is 5.73 Å². The molecule has 0 saturated carbocycles. The minimum atomic E-state index is 0.583. The molecule has 0 aromatic carbocycles. The first kappa shape index (κ1) is 7.41. The lowest BCUT2D eigenvalue weighted by molar-refractivity contribution is 1.06. The number of hydrogen-bond acceptors (Lipinski definition) is 3. The highest BCUT2D eigenvalue weighted by atomic mass is 32.1. The maximum absolute atomic E-state index is 5.45. The number of nitrogens with zero attached hydrogens (tertiary/aromatic N) is 1. The number of anilines is 1. The van der Waals surface area contributed by atoms with Gasteiger partial charge in [-0.3, -0.25) is 0 Å². The Morgan fingerprint density at radius 1 is 1.50 bits per heavy atom. The lowest BCUT2D eigenvalue weighted by Gasteiger charge is -1.96. The molecule has 3 heteroatoms. The topological polar surface area (TPSA) is 38.9 Å². The molecule has 0 unspecified atom stereocenters. The molecule has 0 spiro atoms. The van der Waals surface area contributed by atoms with Crippen LogP contribution in [-0.4, -0.2) is 10.7 Å². The van der Waals surface area contributed by atoms with Gasteiger partial charge in [-0.15, -0.1) is 0 Å². The van der Waals surface area contributed by atoms with Crippen molar-refractivity contribution in [3.63, 3.8) is 0 Å². The summed E-state index contributed by atoms with van der Waals surface area (Å²) in [6, 6.07) is 5.63. The van der Waals surface area contributed by atoms with Gasteiger partial charge in [0.2, 0.25) is 0 Å². The van der Waals surface area contributed by atoms with Crippen LogP contribution in [0.3, 0.4) is 0 Å². The molecule has 0 aliphatic rings. The third kappa shape index (κ3) is 1.92. The fourth-order valence-electron chi connectivity index (χ4n) is 0.752. The molecule has 0 fully saturated rings. The molecule has 0 radical (unpaired) electrons. The van der Waals surface area contributed by atoms with Gasteiger partial charge in [0.15, 0.2) is 0 Å². The van der Waals surface area contributed by atoms with Crippen LogP contribution in [-0.2, 0) is 6.42 Å². The van der Waals surface area contributed by atoms with E-state index in [9.17, 15) is 0 Å². The molecule has 0 amide bonds. The molecular weight excluding hydrogens is 144 g/mol. The van der Waals surface area contributed by atoms with Gasteiger partial charge in [0.25, 0.3) is 0 Å². The molecule has 2 N–H and O–H groups in total. The molecule has 0 atom stereocenters. The van der Waals surface area contributed by atoms with Crippen molar-refractivity contribution < 1.29 is 0 Å². The van der Waals surface area contributed by atoms with Crippen molar-refractivity contribution in [2.45, 2.75) is 6.42 Å². The van der Waals surface area contributed by atoms with Gasteiger partial charge in [-0.25, -0.2) is 4.98 Å². The number of aromatic nitrogens is 1. The van der Waals surface area contributed by atoms with Gasteiger partial charge in [0.1, 0.15) is 5.82 Å². The first-order valence-electron chi connectivity index (χ1n) is 3.15. The fraction of sp³-hybridized carbons (Fsp3) is 0.286. The number of hydrogen-bond donors (Lipinski definition) is 2. The van der Waals surface area contributed by atoms with Gasteiger partial charge in [0.05, 0.1) is 0 Å². The summed E-state index contributed by atoms with van der Waals surface area (Å²) in [7, 11) is 0. The second-order valence-corrected chi connectivity index (χ2v) is 2.47. The molecule has 1 aromatic rings. The maximum atomic E-state index is 5.45. The van der Waals surface area contributed by atoms with Gasteiger partial charge in [-0.1, -0.05) is 6.07 Å². The highest BCUT2D eigenvalue weighted by molar-refractivity contribution is 7.80. The van der Waals surface area contributed by atoms with Crippen molar-refractivity contribution in [1.29, 1.82) is 0 Å². The van der Waals surface area contributed by atoms with Crippen LogP contribution in [0.15, 0.2) is 18.2 Å². The van der Waals surface area contributed by atoms with Crippen molar-refractivity contribution in [2.75, 3.05) is 11.5 Å². The summed E-state index contributed by atoms with van der Waals surface area (Å²) in [5.41, 5.74) is 6.46. The smallest absolute Gasteiger partial charge is 0.123 e. The summed E-state index contributed by atoms with van der Waals surface area (Å²) in [6.45, 7) is 0. The molecule has 1 aromatic heterocycles. The van der Waals surface area contributed by atoms with Gasteiger partial charge in [-0.2, -0.15) is 12.6 Å². The Morgan fingerprint density at radius 2 is 2.30 bits per heavy atom. The van der Waals surface area contributed by atoms with E-state index in [-0.39, 0.29) is 0 Å². The van der Waals surface area contributed by atoms with E-state index in [1.54, 1.807) is 6.07 Å². The molecular formula is C7H10N2S. The number of aryl methyl sites for hydroxylation is 1. The summed E-state index contributed by atoms with van der Waals surface area (Å²) < 4.78 is 0. The van der Waals surface area contributed by atoms with Crippen molar-refractivity contribution in [2.24, 2.45) is 0 Å². The SMILES string of the molecule is Nc1cccc(CCS)n1. The Labute approximate surface area is 65.9 Å². The lowest BCUT2D eigenvalue weighted by atomic mass is 10.3. The molecule has 0 aliphatic carbocycles. The molecule has 54 valence electrons. The number of thiol groups is 1. The first-order valence-corrected chi connectivity index (χ1v) is 3.78. The van der Waals surface area contributed by atoms with E-state index in [1.807, 2.05) is 12.1 Å². The van der Waals surface area contributed by atoms with E-state index in [0.717, 1.165) is 17.9 Å². The zero-order valence-electron chi connectivity index (χ0n) is 5.62. The summed E-state index contributed by atoms with van der Waals surface area (Å²) >= 11 is 4.09. The summed E-state index contributed by atoms with van der Waals surface area (Å²) in [5.74, 6) is 1.40. The third-order valence-electron chi connectivity index (χ3n) is 1.20. The Morgan fingerprint density at radius 3 is 2.90 bits per heavy atom. The van der Waals surface area contributed by atoms with E-state index in [1.165, 1.54) is 0 Å². The monoisotopic (exact) mass is 154 g/mol. The molecule has 0 bridgehead atoms. The van der Waals surface area contributed by atoms with Crippen LogP contribution in [0, 0.1) is 0 Å². The average Bonchev–Trinajstić information content (AvgIpc) is 1.88. The van der Waals surface area contributed by atoms with Gasteiger partial charge in [0, 0.05) is 5.69 Å². The van der Waals surface area contributed by atoms with Crippen LogP contribution in [0.1, 0.15) is 5.69 Å². The van der Waals surface area contributed by atoms with E-state index in [0.29, 0.717) is 5.82 Å². The van der Waals surface area contributed by atoms with Crippen LogP contribution in [0.4, 0.5) is 5.82 Å². The van der Waals surface area contributed by atoms with E-state index in [2.05, 4.69) is 17.6 Å². The molecule has 2 nitrogen and oxygen atoms in total. The molecule has 0 aliphatic heterocycles. The Hall–Kier alpha value is -0.700. The van der Waals surface area contributed by atoms with E-state index < -0.39 is 0 Å². The van der Waals surface area contributed by atoms with Crippen LogP contribution in [0.25, 0.3) is 0 Å². The molecule has 1 rings (SSSR count). The van der Waals surface area contributed by atoms with Crippen molar-refractivity contribution in [3.05, 3.63) is 23.9 Å². The van der Waals surface area contributed by atoms with E-state index in [4.69, 9.17) is 5.73 Å². The molecule has 0 saturated heterocycles. The Balaban J connectivity index is 2.75. The molecule has 1 heterocycles. The summed E-state index contributed by atoms with van der Waals surface area (Å²) in [6.07, 6.45) is 0.883. The largest absolute Gasteiger partial charge is 0.384 e. The second-order valence-electron chi connectivity index (χ2n) is 2.03. The number of rotatable bonds is 2. The first-order chi connectivity index (χ1) is 4.83. The van der Waals surface area contributed by atoms with E-state index >= 15 is 0 Å². The second kappa shape index (κ2) is 3.46. The van der Waals surface area contributed by atoms with Crippen molar-refractivity contribution in [1.82, 2.24) is 4.98 Å². The number of nitrogens with two attached hydrogens (primary N) is 1. The van der Waals surface area contributed by atoms with Crippen molar-refractivity contribution >= 4 is 18.4 Å². The quantitative estimate of drug-likeness (QED) is 0.627. The minimum Gasteiger partial charge on any atom is -0.384 e. The Bertz CT molecular complexity index is 213. The summed E-state index contributed by atoms with van der Waals surface area (Å²) in [4.78, 5) is 4.09. The van der Waals surface area contributed by atoms with Gasteiger partial charge >= 0.3 is 0 Å². The number of pyridine rings is 1. The van der Waals surface area contributed by atoms with Crippen LogP contribution in [0.2, 0.25) is 0 Å². The zero-order valence-corrected chi connectivity index (χ0v) is 6.51. The summed E-state index contributed by atoms with van der Waals surface area (Å²) in [5, 5.41) is 0. The highest BCUT2D eigenvalue weighted by Gasteiger charge is 1.91. The van der Waals surface area contributed by atoms with Gasteiger partial charge in [-0.05, 0) is 24.3 Å². The lowest BCUT2D eigenvalue weighted by Crippen LogP contribution is -1.95. The van der Waals surface area contributed by atoms with Crippen molar-refractivity contribution in [3.8, 4) is 0 Å². The Kier molecular flexibility index (Phi) is 2.57. The fourth-order valence-corrected chi connectivity index (χ4v) is 0.981. The standard InChI is InChI=1S/C7H10N2S/c8-7-3-1-2-6(9-7)4-5-10/h1-3,10H,4-5H2,(H2,8,9). The maximum Gasteiger partial charge on any atom is 0.123 e. The minimum absolute atomic E-state index is 0.583. The normalized spacial score (nSPS) is 9.70. The average molecular weight is 154 g/mol. The zero-order chi connectivity index (χ0) is 7.40.